The van der Waals surface area contributed by atoms with Crippen molar-refractivity contribution in [1.29, 1.82) is 0 Å². The SMILES string of the molecule is COc1cccc(-c2ccc(Oc3cn[nH]n3)cc2)c1. The molecule has 0 amide bonds. The summed E-state index contributed by atoms with van der Waals surface area (Å²) in [5.41, 5.74) is 2.19. The minimum absolute atomic E-state index is 0.444. The Hall–Kier alpha value is -2.82. The van der Waals surface area contributed by atoms with Crippen molar-refractivity contribution in [1.82, 2.24) is 15.4 Å². The second kappa shape index (κ2) is 5.44. The summed E-state index contributed by atoms with van der Waals surface area (Å²) in [6.07, 6.45) is 1.52. The van der Waals surface area contributed by atoms with Crippen LogP contribution in [0.1, 0.15) is 0 Å². The molecular weight excluding hydrogens is 254 g/mol. The van der Waals surface area contributed by atoms with E-state index in [2.05, 4.69) is 15.4 Å². The average Bonchev–Trinajstić information content (AvgIpc) is 3.01. The zero-order valence-electron chi connectivity index (χ0n) is 10.9. The maximum absolute atomic E-state index is 5.52. The summed E-state index contributed by atoms with van der Waals surface area (Å²) < 4.78 is 10.8. The lowest BCUT2D eigenvalue weighted by molar-refractivity contribution is 0.415. The average molecular weight is 267 g/mol. The van der Waals surface area contributed by atoms with Gasteiger partial charge in [-0.25, -0.2) is 0 Å². The first kappa shape index (κ1) is 12.2. The van der Waals surface area contributed by atoms with Crippen molar-refractivity contribution in [2.75, 3.05) is 7.11 Å². The van der Waals surface area contributed by atoms with Gasteiger partial charge in [-0.1, -0.05) is 24.3 Å². The van der Waals surface area contributed by atoms with Crippen molar-refractivity contribution in [2.45, 2.75) is 0 Å². The number of benzene rings is 2. The number of nitrogens with one attached hydrogen (secondary N) is 1. The van der Waals surface area contributed by atoms with Gasteiger partial charge in [0.05, 0.1) is 7.11 Å². The van der Waals surface area contributed by atoms with Gasteiger partial charge >= 0.3 is 0 Å². The summed E-state index contributed by atoms with van der Waals surface area (Å²) >= 11 is 0. The fourth-order valence-corrected chi connectivity index (χ4v) is 1.88. The quantitative estimate of drug-likeness (QED) is 0.788. The molecule has 20 heavy (non-hydrogen) atoms. The predicted molar refractivity (Wildman–Crippen MR) is 74.9 cm³/mol. The summed E-state index contributed by atoms with van der Waals surface area (Å²) in [6, 6.07) is 15.7. The lowest BCUT2D eigenvalue weighted by Crippen LogP contribution is -1.86. The number of hydrogen-bond acceptors (Lipinski definition) is 4. The van der Waals surface area contributed by atoms with Crippen LogP contribution in [0.4, 0.5) is 0 Å². The monoisotopic (exact) mass is 267 g/mol. The number of aromatic nitrogens is 3. The van der Waals surface area contributed by atoms with Gasteiger partial charge in [0.1, 0.15) is 17.7 Å². The van der Waals surface area contributed by atoms with E-state index in [0.717, 1.165) is 16.9 Å². The van der Waals surface area contributed by atoms with E-state index in [4.69, 9.17) is 9.47 Å². The molecule has 1 heterocycles. The molecule has 100 valence electrons. The van der Waals surface area contributed by atoms with E-state index >= 15 is 0 Å². The van der Waals surface area contributed by atoms with Crippen LogP contribution in [0.3, 0.4) is 0 Å². The molecule has 0 unspecified atom stereocenters. The highest BCUT2D eigenvalue weighted by Crippen LogP contribution is 2.26. The summed E-state index contributed by atoms with van der Waals surface area (Å²) in [5, 5.41) is 10.0. The van der Waals surface area contributed by atoms with E-state index in [1.54, 1.807) is 7.11 Å². The van der Waals surface area contributed by atoms with E-state index in [9.17, 15) is 0 Å². The van der Waals surface area contributed by atoms with E-state index in [0.29, 0.717) is 11.6 Å². The van der Waals surface area contributed by atoms with Gasteiger partial charge in [0.2, 0.25) is 0 Å². The van der Waals surface area contributed by atoms with Gasteiger partial charge in [-0.2, -0.15) is 10.3 Å². The molecule has 0 saturated heterocycles. The summed E-state index contributed by atoms with van der Waals surface area (Å²) in [6.45, 7) is 0. The summed E-state index contributed by atoms with van der Waals surface area (Å²) in [7, 11) is 1.66. The fraction of sp³-hybridized carbons (Fsp3) is 0.0667. The molecule has 5 heteroatoms. The topological polar surface area (TPSA) is 60.0 Å². The van der Waals surface area contributed by atoms with Gasteiger partial charge in [-0.3, -0.25) is 0 Å². The van der Waals surface area contributed by atoms with Gasteiger partial charge < -0.3 is 9.47 Å². The molecule has 0 bridgehead atoms. The number of nitrogens with zero attached hydrogens (tertiary/aromatic N) is 2. The van der Waals surface area contributed by atoms with Crippen LogP contribution in [0.25, 0.3) is 11.1 Å². The number of rotatable bonds is 4. The first-order valence-electron chi connectivity index (χ1n) is 6.13. The molecule has 3 rings (SSSR count). The molecule has 1 N–H and O–H groups in total. The Morgan fingerprint density at radius 3 is 2.50 bits per heavy atom. The molecule has 0 spiro atoms. The minimum Gasteiger partial charge on any atom is -0.497 e. The Morgan fingerprint density at radius 1 is 0.950 bits per heavy atom. The first-order chi connectivity index (χ1) is 9.85. The standard InChI is InChI=1S/C15H13N3O2/c1-19-14-4-2-3-12(9-14)11-5-7-13(8-6-11)20-15-10-16-18-17-15/h2-10H,1H3,(H,16,17,18). The fourth-order valence-electron chi connectivity index (χ4n) is 1.88. The highest BCUT2D eigenvalue weighted by atomic mass is 16.5. The number of aromatic amines is 1. The molecule has 0 saturated carbocycles. The van der Waals surface area contributed by atoms with E-state index in [1.807, 2.05) is 48.5 Å². The lowest BCUT2D eigenvalue weighted by atomic mass is 10.1. The molecule has 0 radical (unpaired) electrons. The Balaban J connectivity index is 1.81. The van der Waals surface area contributed by atoms with Crippen molar-refractivity contribution < 1.29 is 9.47 Å². The van der Waals surface area contributed by atoms with Crippen LogP contribution in [0.5, 0.6) is 17.4 Å². The molecule has 0 aliphatic heterocycles. The molecule has 5 nitrogen and oxygen atoms in total. The number of H-pyrrole nitrogens is 1. The van der Waals surface area contributed by atoms with Gasteiger partial charge in [0, 0.05) is 0 Å². The van der Waals surface area contributed by atoms with Crippen LogP contribution < -0.4 is 9.47 Å². The summed E-state index contributed by atoms with van der Waals surface area (Å²) in [4.78, 5) is 0. The second-order valence-electron chi connectivity index (χ2n) is 4.17. The number of hydrogen-bond donors (Lipinski definition) is 1. The Labute approximate surface area is 116 Å². The third-order valence-corrected chi connectivity index (χ3v) is 2.87. The molecule has 3 aromatic rings. The molecule has 1 aromatic heterocycles. The maximum Gasteiger partial charge on any atom is 0.258 e. The predicted octanol–water partition coefficient (Wildman–Crippen LogP) is 3.27. The largest absolute Gasteiger partial charge is 0.497 e. The van der Waals surface area contributed by atoms with Gasteiger partial charge in [0.15, 0.2) is 0 Å². The molecule has 0 atom stereocenters. The van der Waals surface area contributed by atoms with Gasteiger partial charge in [-0.05, 0) is 35.4 Å². The Kier molecular flexibility index (Phi) is 3.33. The smallest absolute Gasteiger partial charge is 0.258 e. The van der Waals surface area contributed by atoms with E-state index in [1.165, 1.54) is 6.20 Å². The number of methoxy groups -OCH3 is 1. The van der Waals surface area contributed by atoms with Crippen molar-refractivity contribution in [2.24, 2.45) is 0 Å². The van der Waals surface area contributed by atoms with Crippen molar-refractivity contribution in [3.05, 3.63) is 54.7 Å². The van der Waals surface area contributed by atoms with E-state index < -0.39 is 0 Å². The molecule has 0 aliphatic rings. The minimum atomic E-state index is 0.444. The van der Waals surface area contributed by atoms with Crippen molar-refractivity contribution >= 4 is 0 Å². The van der Waals surface area contributed by atoms with Crippen LogP contribution in [0.15, 0.2) is 54.7 Å². The maximum atomic E-state index is 5.52. The Morgan fingerprint density at radius 2 is 1.80 bits per heavy atom. The third-order valence-electron chi connectivity index (χ3n) is 2.87. The highest BCUT2D eigenvalue weighted by molar-refractivity contribution is 5.65. The van der Waals surface area contributed by atoms with Crippen molar-refractivity contribution in [3.63, 3.8) is 0 Å². The first-order valence-corrected chi connectivity index (χ1v) is 6.13. The molecule has 0 aliphatic carbocycles. The third kappa shape index (κ3) is 2.61. The lowest BCUT2D eigenvalue weighted by Gasteiger charge is -2.06. The van der Waals surface area contributed by atoms with Crippen LogP contribution in [0.2, 0.25) is 0 Å². The molecule has 2 aromatic carbocycles. The van der Waals surface area contributed by atoms with E-state index in [-0.39, 0.29) is 0 Å². The normalized spacial score (nSPS) is 10.2. The molecule has 0 fully saturated rings. The van der Waals surface area contributed by atoms with Crippen LogP contribution in [0, 0.1) is 0 Å². The second-order valence-corrected chi connectivity index (χ2v) is 4.17. The van der Waals surface area contributed by atoms with Crippen molar-refractivity contribution in [3.8, 4) is 28.5 Å². The zero-order chi connectivity index (χ0) is 13.8. The van der Waals surface area contributed by atoms with Crippen LogP contribution >= 0.6 is 0 Å². The van der Waals surface area contributed by atoms with Crippen LogP contribution in [-0.4, -0.2) is 22.5 Å². The highest BCUT2D eigenvalue weighted by Gasteiger charge is 2.02. The van der Waals surface area contributed by atoms with Gasteiger partial charge in [-0.15, -0.1) is 5.10 Å². The summed E-state index contributed by atoms with van der Waals surface area (Å²) in [5.74, 6) is 2.00. The number of ether oxygens (including phenoxy) is 2. The molecular formula is C15H13N3O2. The Bertz CT molecular complexity index is 679. The van der Waals surface area contributed by atoms with Crippen LogP contribution in [-0.2, 0) is 0 Å². The zero-order valence-corrected chi connectivity index (χ0v) is 10.9. The van der Waals surface area contributed by atoms with Gasteiger partial charge in [0.25, 0.3) is 5.88 Å².